The van der Waals surface area contributed by atoms with Crippen LogP contribution in [0, 0.1) is 6.92 Å². The van der Waals surface area contributed by atoms with Crippen LogP contribution < -0.4 is 10.6 Å². The van der Waals surface area contributed by atoms with E-state index in [4.69, 9.17) is 0 Å². The Labute approximate surface area is 179 Å². The largest absolute Gasteiger partial charge is 0.356 e. The zero-order valence-electron chi connectivity index (χ0n) is 16.2. The van der Waals surface area contributed by atoms with Gasteiger partial charge in [0.15, 0.2) is 15.8 Å². The number of nitrogens with zero attached hydrogens (tertiary/aromatic N) is 1. The van der Waals surface area contributed by atoms with Gasteiger partial charge in [0.2, 0.25) is 0 Å². The van der Waals surface area contributed by atoms with Crippen LogP contribution >= 0.6 is 24.0 Å². The Hall–Kier alpha value is -1.61. The summed E-state index contributed by atoms with van der Waals surface area (Å²) in [5.74, 6) is 0.744. The predicted molar refractivity (Wildman–Crippen MR) is 123 cm³/mol. The topological polar surface area (TPSA) is 70.6 Å². The molecule has 27 heavy (non-hydrogen) atoms. The van der Waals surface area contributed by atoms with Crippen LogP contribution in [-0.4, -0.2) is 34.2 Å². The van der Waals surface area contributed by atoms with Crippen molar-refractivity contribution < 1.29 is 8.42 Å². The predicted octanol–water partition coefficient (Wildman–Crippen LogP) is 3.49. The van der Waals surface area contributed by atoms with Gasteiger partial charge in [0.1, 0.15) is 0 Å². The van der Waals surface area contributed by atoms with E-state index in [0.717, 1.165) is 17.9 Å². The van der Waals surface area contributed by atoms with Gasteiger partial charge in [0.25, 0.3) is 0 Å². The van der Waals surface area contributed by atoms with Gasteiger partial charge in [-0.05, 0) is 49.1 Å². The molecule has 0 aromatic heterocycles. The van der Waals surface area contributed by atoms with Crippen molar-refractivity contribution in [2.75, 3.05) is 19.8 Å². The average molecular weight is 501 g/mol. The van der Waals surface area contributed by atoms with Gasteiger partial charge in [0, 0.05) is 19.8 Å². The number of guanidine groups is 1. The molecule has 0 radical (unpaired) electrons. The molecule has 148 valence electrons. The van der Waals surface area contributed by atoms with Crippen LogP contribution in [0.4, 0.5) is 0 Å². The van der Waals surface area contributed by atoms with Crippen LogP contribution in [0.2, 0.25) is 0 Å². The van der Waals surface area contributed by atoms with Crippen molar-refractivity contribution in [3.63, 3.8) is 0 Å². The monoisotopic (exact) mass is 501 g/mol. The molecule has 7 heteroatoms. The van der Waals surface area contributed by atoms with Crippen LogP contribution in [0.25, 0.3) is 0 Å². The Kier molecular flexibility index (Phi) is 9.25. The summed E-state index contributed by atoms with van der Waals surface area (Å²) in [5.41, 5.74) is 3.56. The number of rotatable bonds is 6. The van der Waals surface area contributed by atoms with E-state index in [9.17, 15) is 8.42 Å². The SMILES string of the molecule is CN=C(NCCc1ccc(S(C)(=O)=O)cc1)NC(C)c1ccccc1C.I. The fourth-order valence-electron chi connectivity index (χ4n) is 2.78. The average Bonchev–Trinajstić information content (AvgIpc) is 2.60. The third kappa shape index (κ3) is 7.14. The van der Waals surface area contributed by atoms with Crippen molar-refractivity contribution >= 4 is 39.8 Å². The highest BCUT2D eigenvalue weighted by molar-refractivity contribution is 14.0. The standard InChI is InChI=1S/C20H27N3O2S.HI/c1-15-7-5-6-8-19(15)16(2)23-20(21-3)22-14-13-17-9-11-18(12-10-17)26(4,24)25;/h5-12,16H,13-14H2,1-4H3,(H2,21,22,23);1H. The summed E-state index contributed by atoms with van der Waals surface area (Å²) >= 11 is 0. The van der Waals surface area contributed by atoms with Crippen LogP contribution in [0.5, 0.6) is 0 Å². The van der Waals surface area contributed by atoms with Crippen LogP contribution in [-0.2, 0) is 16.3 Å². The van der Waals surface area contributed by atoms with E-state index >= 15 is 0 Å². The third-order valence-electron chi connectivity index (χ3n) is 4.29. The number of sulfone groups is 1. The molecule has 0 aliphatic heterocycles. The smallest absolute Gasteiger partial charge is 0.191 e. The molecular weight excluding hydrogens is 473 g/mol. The molecule has 0 heterocycles. The van der Waals surface area contributed by atoms with E-state index in [-0.39, 0.29) is 30.0 Å². The molecule has 2 aromatic carbocycles. The lowest BCUT2D eigenvalue weighted by atomic mass is 10.0. The number of benzene rings is 2. The van der Waals surface area contributed by atoms with Gasteiger partial charge < -0.3 is 10.6 Å². The Morgan fingerprint density at radius 3 is 2.30 bits per heavy atom. The molecule has 0 saturated carbocycles. The Morgan fingerprint density at radius 2 is 1.74 bits per heavy atom. The molecule has 0 bridgehead atoms. The highest BCUT2D eigenvalue weighted by Gasteiger charge is 2.10. The molecule has 1 atom stereocenters. The molecule has 1 unspecified atom stereocenters. The van der Waals surface area contributed by atoms with E-state index in [1.807, 2.05) is 24.3 Å². The second kappa shape index (κ2) is 10.7. The van der Waals surface area contributed by atoms with Gasteiger partial charge in [-0.2, -0.15) is 0 Å². The molecule has 5 nitrogen and oxygen atoms in total. The first-order valence-corrected chi connectivity index (χ1v) is 10.5. The Morgan fingerprint density at radius 1 is 1.11 bits per heavy atom. The minimum atomic E-state index is -3.15. The maximum absolute atomic E-state index is 11.5. The molecule has 0 fully saturated rings. The number of aryl methyl sites for hydroxylation is 1. The lowest BCUT2D eigenvalue weighted by Gasteiger charge is -2.20. The molecule has 2 N–H and O–H groups in total. The van der Waals surface area contributed by atoms with Crippen molar-refractivity contribution in [3.8, 4) is 0 Å². The normalized spacial score (nSPS) is 12.8. The molecule has 2 rings (SSSR count). The molecular formula is C20H28IN3O2S. The lowest BCUT2D eigenvalue weighted by molar-refractivity contribution is 0.602. The van der Waals surface area contributed by atoms with Gasteiger partial charge in [-0.3, -0.25) is 4.99 Å². The van der Waals surface area contributed by atoms with Crippen molar-refractivity contribution in [1.82, 2.24) is 10.6 Å². The summed E-state index contributed by atoms with van der Waals surface area (Å²) in [6, 6.07) is 15.4. The Bertz CT molecular complexity index is 865. The van der Waals surface area contributed by atoms with Crippen molar-refractivity contribution in [1.29, 1.82) is 0 Å². The molecule has 0 aliphatic rings. The highest BCUT2D eigenvalue weighted by Crippen LogP contribution is 2.16. The fourth-order valence-corrected chi connectivity index (χ4v) is 3.41. The summed E-state index contributed by atoms with van der Waals surface area (Å²) in [6.07, 6.45) is 2.00. The molecule has 2 aromatic rings. The van der Waals surface area contributed by atoms with Crippen LogP contribution in [0.3, 0.4) is 0 Å². The van der Waals surface area contributed by atoms with Gasteiger partial charge in [-0.1, -0.05) is 36.4 Å². The molecule has 0 spiro atoms. The van der Waals surface area contributed by atoms with E-state index in [1.54, 1.807) is 19.2 Å². The Balaban J connectivity index is 0.00000364. The number of nitrogens with one attached hydrogen (secondary N) is 2. The maximum atomic E-state index is 11.5. The van der Waals surface area contributed by atoms with Crippen molar-refractivity contribution in [2.45, 2.75) is 31.2 Å². The number of aliphatic imine (C=N–C) groups is 1. The van der Waals surface area contributed by atoms with E-state index in [0.29, 0.717) is 11.4 Å². The first-order chi connectivity index (χ1) is 12.3. The van der Waals surface area contributed by atoms with Crippen molar-refractivity contribution in [3.05, 3.63) is 65.2 Å². The summed E-state index contributed by atoms with van der Waals surface area (Å²) in [4.78, 5) is 4.62. The first-order valence-electron chi connectivity index (χ1n) is 8.63. The van der Waals surface area contributed by atoms with Gasteiger partial charge in [-0.15, -0.1) is 24.0 Å². The fraction of sp³-hybridized carbons (Fsp3) is 0.350. The summed E-state index contributed by atoms with van der Waals surface area (Å²) in [5, 5.41) is 6.70. The van der Waals surface area contributed by atoms with Gasteiger partial charge in [-0.25, -0.2) is 8.42 Å². The second-order valence-corrected chi connectivity index (χ2v) is 8.40. The zero-order chi connectivity index (χ0) is 19.2. The number of hydrogen-bond acceptors (Lipinski definition) is 3. The van der Waals surface area contributed by atoms with E-state index in [1.165, 1.54) is 17.4 Å². The van der Waals surface area contributed by atoms with E-state index in [2.05, 4.69) is 41.6 Å². The first kappa shape index (κ1) is 23.4. The molecule has 0 amide bonds. The third-order valence-corrected chi connectivity index (χ3v) is 5.42. The van der Waals surface area contributed by atoms with Crippen molar-refractivity contribution in [2.24, 2.45) is 4.99 Å². The quantitative estimate of drug-likeness (QED) is 0.361. The molecule has 0 aliphatic carbocycles. The minimum absolute atomic E-state index is 0. The van der Waals surface area contributed by atoms with Crippen LogP contribution in [0.1, 0.15) is 29.7 Å². The highest BCUT2D eigenvalue weighted by atomic mass is 127. The maximum Gasteiger partial charge on any atom is 0.191 e. The van der Waals surface area contributed by atoms with Gasteiger partial charge >= 0.3 is 0 Å². The summed E-state index contributed by atoms with van der Waals surface area (Å²) in [7, 11) is -1.39. The number of halogens is 1. The zero-order valence-corrected chi connectivity index (χ0v) is 19.3. The molecule has 0 saturated heterocycles. The van der Waals surface area contributed by atoms with Crippen LogP contribution in [0.15, 0.2) is 58.4 Å². The number of hydrogen-bond donors (Lipinski definition) is 2. The lowest BCUT2D eigenvalue weighted by Crippen LogP contribution is -2.39. The second-order valence-electron chi connectivity index (χ2n) is 6.39. The summed E-state index contributed by atoms with van der Waals surface area (Å²) < 4.78 is 23.0. The van der Waals surface area contributed by atoms with E-state index < -0.39 is 9.84 Å². The minimum Gasteiger partial charge on any atom is -0.356 e. The van der Waals surface area contributed by atoms with Gasteiger partial charge in [0.05, 0.1) is 10.9 Å². The summed E-state index contributed by atoms with van der Waals surface area (Å²) in [6.45, 7) is 4.92.